The van der Waals surface area contributed by atoms with Gasteiger partial charge in [0.2, 0.25) is 0 Å². The van der Waals surface area contributed by atoms with Crippen LogP contribution in [0.5, 0.6) is 0 Å². The SMILES string of the molecule is CCC(C)CNc1cccc(S(C)(=O)=O)c1N. The average Bonchev–Trinajstić information content (AvgIpc) is 2.25. The molecular formula is C12H20N2O2S. The molecular weight excluding hydrogens is 236 g/mol. The molecule has 0 radical (unpaired) electrons. The fourth-order valence-electron chi connectivity index (χ4n) is 1.45. The highest BCUT2D eigenvalue weighted by atomic mass is 32.2. The fraction of sp³-hybridized carbons (Fsp3) is 0.500. The summed E-state index contributed by atoms with van der Waals surface area (Å²) in [5.74, 6) is 0.524. The van der Waals surface area contributed by atoms with E-state index in [0.29, 0.717) is 17.3 Å². The minimum atomic E-state index is -3.27. The van der Waals surface area contributed by atoms with Gasteiger partial charge in [0.25, 0.3) is 0 Å². The second kappa shape index (κ2) is 5.40. The maximum absolute atomic E-state index is 11.5. The molecule has 0 fully saturated rings. The molecule has 1 atom stereocenters. The Bertz CT molecular complexity index is 483. The number of nitrogen functional groups attached to an aromatic ring is 1. The molecule has 1 aromatic rings. The van der Waals surface area contributed by atoms with Gasteiger partial charge in [-0.25, -0.2) is 8.42 Å². The normalized spacial score (nSPS) is 13.4. The van der Waals surface area contributed by atoms with Gasteiger partial charge in [0.05, 0.1) is 16.3 Å². The van der Waals surface area contributed by atoms with Crippen molar-refractivity contribution in [3.8, 4) is 0 Å². The van der Waals surface area contributed by atoms with Crippen LogP contribution in [0.1, 0.15) is 20.3 Å². The smallest absolute Gasteiger partial charge is 0.177 e. The van der Waals surface area contributed by atoms with Crippen molar-refractivity contribution in [1.29, 1.82) is 0 Å². The third-order valence-electron chi connectivity index (χ3n) is 2.80. The fourth-order valence-corrected chi connectivity index (χ4v) is 2.29. The molecule has 0 saturated carbocycles. The molecule has 0 aliphatic rings. The molecule has 0 heterocycles. The van der Waals surface area contributed by atoms with Gasteiger partial charge in [-0.05, 0) is 18.1 Å². The molecule has 1 unspecified atom stereocenters. The van der Waals surface area contributed by atoms with Crippen molar-refractivity contribution >= 4 is 21.2 Å². The van der Waals surface area contributed by atoms with Gasteiger partial charge in [0, 0.05) is 12.8 Å². The highest BCUT2D eigenvalue weighted by Gasteiger charge is 2.14. The van der Waals surface area contributed by atoms with Crippen LogP contribution < -0.4 is 11.1 Å². The third kappa shape index (κ3) is 3.63. The first kappa shape index (κ1) is 13.8. The predicted octanol–water partition coefficient (Wildman–Crippen LogP) is 2.13. The zero-order valence-electron chi connectivity index (χ0n) is 10.5. The molecule has 17 heavy (non-hydrogen) atoms. The summed E-state index contributed by atoms with van der Waals surface area (Å²) in [4.78, 5) is 0.187. The van der Waals surface area contributed by atoms with Crippen molar-refractivity contribution in [3.05, 3.63) is 18.2 Å². The minimum absolute atomic E-state index is 0.187. The highest BCUT2D eigenvalue weighted by Crippen LogP contribution is 2.26. The summed E-state index contributed by atoms with van der Waals surface area (Å²) in [6.45, 7) is 5.03. The van der Waals surface area contributed by atoms with E-state index in [0.717, 1.165) is 19.2 Å². The number of benzene rings is 1. The van der Waals surface area contributed by atoms with Gasteiger partial charge < -0.3 is 11.1 Å². The number of hydrogen-bond donors (Lipinski definition) is 2. The lowest BCUT2D eigenvalue weighted by Gasteiger charge is -2.14. The molecule has 0 aliphatic carbocycles. The van der Waals surface area contributed by atoms with E-state index in [1.807, 2.05) is 0 Å². The molecule has 0 saturated heterocycles. The summed E-state index contributed by atoms with van der Waals surface area (Å²) >= 11 is 0. The molecule has 0 aromatic heterocycles. The van der Waals surface area contributed by atoms with Crippen LogP contribution in [0.2, 0.25) is 0 Å². The lowest BCUT2D eigenvalue weighted by Crippen LogP contribution is -2.13. The minimum Gasteiger partial charge on any atom is -0.396 e. The third-order valence-corrected chi connectivity index (χ3v) is 3.96. The van der Waals surface area contributed by atoms with Crippen molar-refractivity contribution in [2.45, 2.75) is 25.2 Å². The maximum Gasteiger partial charge on any atom is 0.177 e. The number of nitrogens with one attached hydrogen (secondary N) is 1. The standard InChI is InChI=1S/C12H20N2O2S/c1-4-9(2)8-14-10-6-5-7-11(12(10)13)17(3,15)16/h5-7,9,14H,4,8,13H2,1-3H3. The van der Waals surface area contributed by atoms with Crippen molar-refractivity contribution < 1.29 is 8.42 Å². The average molecular weight is 256 g/mol. The van der Waals surface area contributed by atoms with Crippen molar-refractivity contribution in [2.24, 2.45) is 5.92 Å². The lowest BCUT2D eigenvalue weighted by molar-refractivity contribution is 0.593. The molecule has 0 spiro atoms. The number of para-hydroxylation sites is 1. The number of hydrogen-bond acceptors (Lipinski definition) is 4. The number of sulfone groups is 1. The zero-order valence-corrected chi connectivity index (χ0v) is 11.3. The first-order valence-electron chi connectivity index (χ1n) is 5.68. The van der Waals surface area contributed by atoms with Crippen molar-refractivity contribution in [2.75, 3.05) is 23.9 Å². The van der Waals surface area contributed by atoms with Gasteiger partial charge in [-0.3, -0.25) is 0 Å². The van der Waals surface area contributed by atoms with Crippen molar-refractivity contribution in [3.63, 3.8) is 0 Å². The molecule has 1 aromatic carbocycles. The summed E-state index contributed by atoms with van der Waals surface area (Å²) < 4.78 is 23.0. The molecule has 96 valence electrons. The number of anilines is 2. The van der Waals surface area contributed by atoms with Gasteiger partial charge >= 0.3 is 0 Å². The van der Waals surface area contributed by atoms with Gasteiger partial charge in [-0.1, -0.05) is 26.3 Å². The summed E-state index contributed by atoms with van der Waals surface area (Å²) in [5, 5.41) is 3.19. The second-order valence-corrected chi connectivity index (χ2v) is 6.37. The zero-order chi connectivity index (χ0) is 13.1. The first-order valence-corrected chi connectivity index (χ1v) is 7.57. The number of nitrogens with two attached hydrogens (primary N) is 1. The molecule has 3 N–H and O–H groups in total. The van der Waals surface area contributed by atoms with E-state index < -0.39 is 9.84 Å². The maximum atomic E-state index is 11.5. The predicted molar refractivity (Wildman–Crippen MR) is 71.9 cm³/mol. The molecule has 4 nitrogen and oxygen atoms in total. The molecule has 0 aliphatic heterocycles. The van der Waals surface area contributed by atoms with E-state index in [4.69, 9.17) is 5.73 Å². The Morgan fingerprint density at radius 2 is 2.06 bits per heavy atom. The Morgan fingerprint density at radius 3 is 2.59 bits per heavy atom. The summed E-state index contributed by atoms with van der Waals surface area (Å²) in [6.07, 6.45) is 2.23. The van der Waals surface area contributed by atoms with Crippen LogP contribution in [0.3, 0.4) is 0 Å². The van der Waals surface area contributed by atoms with E-state index >= 15 is 0 Å². The van der Waals surface area contributed by atoms with Crippen LogP contribution in [-0.4, -0.2) is 21.2 Å². The van der Waals surface area contributed by atoms with Crippen molar-refractivity contribution in [1.82, 2.24) is 0 Å². The van der Waals surface area contributed by atoms with Crippen LogP contribution in [0.4, 0.5) is 11.4 Å². The Morgan fingerprint density at radius 1 is 1.41 bits per heavy atom. The van der Waals surface area contributed by atoms with Gasteiger partial charge in [0.15, 0.2) is 9.84 Å². The monoisotopic (exact) mass is 256 g/mol. The Balaban J connectivity index is 2.96. The molecule has 0 amide bonds. The van der Waals surface area contributed by atoms with E-state index in [1.54, 1.807) is 12.1 Å². The first-order chi connectivity index (χ1) is 7.86. The topological polar surface area (TPSA) is 72.2 Å². The molecule has 0 bridgehead atoms. The molecule has 5 heteroatoms. The summed E-state index contributed by atoms with van der Waals surface area (Å²) in [6, 6.07) is 5.02. The van der Waals surface area contributed by atoms with E-state index in [-0.39, 0.29) is 4.90 Å². The van der Waals surface area contributed by atoms with Gasteiger partial charge in [-0.2, -0.15) is 0 Å². The molecule has 1 rings (SSSR count). The van der Waals surface area contributed by atoms with Crippen LogP contribution in [0, 0.1) is 5.92 Å². The lowest BCUT2D eigenvalue weighted by atomic mass is 10.1. The van der Waals surface area contributed by atoms with Crippen LogP contribution >= 0.6 is 0 Å². The van der Waals surface area contributed by atoms with Crippen LogP contribution in [-0.2, 0) is 9.84 Å². The van der Waals surface area contributed by atoms with Crippen LogP contribution in [0.25, 0.3) is 0 Å². The van der Waals surface area contributed by atoms with E-state index in [2.05, 4.69) is 19.2 Å². The number of rotatable bonds is 5. The van der Waals surface area contributed by atoms with Crippen LogP contribution in [0.15, 0.2) is 23.1 Å². The van der Waals surface area contributed by atoms with E-state index in [1.165, 1.54) is 6.07 Å². The van der Waals surface area contributed by atoms with Gasteiger partial charge in [0.1, 0.15) is 0 Å². The Hall–Kier alpha value is -1.23. The summed E-state index contributed by atoms with van der Waals surface area (Å²) in [5.41, 5.74) is 6.85. The Kier molecular flexibility index (Phi) is 4.40. The highest BCUT2D eigenvalue weighted by molar-refractivity contribution is 7.90. The summed E-state index contributed by atoms with van der Waals surface area (Å²) in [7, 11) is -3.27. The quantitative estimate of drug-likeness (QED) is 0.792. The van der Waals surface area contributed by atoms with Gasteiger partial charge in [-0.15, -0.1) is 0 Å². The second-order valence-electron chi connectivity index (χ2n) is 4.38. The van der Waals surface area contributed by atoms with E-state index in [9.17, 15) is 8.42 Å². The largest absolute Gasteiger partial charge is 0.396 e. The Labute approximate surface area is 103 Å².